The average molecular weight is 317 g/mol. The summed E-state index contributed by atoms with van der Waals surface area (Å²) in [5.41, 5.74) is 0.661. The molecule has 1 aromatic carbocycles. The molecule has 0 radical (unpaired) electrons. The van der Waals surface area contributed by atoms with Crippen LogP contribution in [0, 0.1) is 0 Å². The Balaban J connectivity index is 1.54. The first-order valence-electron chi connectivity index (χ1n) is 7.92. The third-order valence-electron chi connectivity index (χ3n) is 4.26. The Kier molecular flexibility index (Phi) is 4.83. The number of fused-ring (bicyclic) bond motifs is 1. The molecule has 1 saturated heterocycles. The molecule has 0 atom stereocenters. The first kappa shape index (κ1) is 15.8. The molecule has 6 heteroatoms. The second-order valence-electron chi connectivity index (χ2n) is 5.92. The topological polar surface area (TPSA) is 58.0 Å². The maximum Gasteiger partial charge on any atom is 0.287 e. The summed E-state index contributed by atoms with van der Waals surface area (Å²) >= 11 is 0. The highest BCUT2D eigenvalue weighted by molar-refractivity contribution is 5.96. The van der Waals surface area contributed by atoms with Gasteiger partial charge in [0.25, 0.3) is 5.91 Å². The van der Waals surface area contributed by atoms with E-state index in [1.165, 1.54) is 0 Å². The molecule has 0 unspecified atom stereocenters. The van der Waals surface area contributed by atoms with Gasteiger partial charge >= 0.3 is 0 Å². The van der Waals surface area contributed by atoms with Crippen molar-refractivity contribution in [2.45, 2.75) is 0 Å². The number of piperazine rings is 1. The number of ether oxygens (including phenoxy) is 1. The van der Waals surface area contributed by atoms with Crippen LogP contribution in [0.1, 0.15) is 10.6 Å². The highest BCUT2D eigenvalue weighted by Gasteiger charge is 2.15. The number of carbonyl (C=O) groups is 1. The van der Waals surface area contributed by atoms with Gasteiger partial charge in [-0.25, -0.2) is 0 Å². The van der Waals surface area contributed by atoms with E-state index in [9.17, 15) is 4.79 Å². The number of hydrogen-bond donors (Lipinski definition) is 1. The van der Waals surface area contributed by atoms with Crippen molar-refractivity contribution >= 4 is 16.9 Å². The summed E-state index contributed by atoms with van der Waals surface area (Å²) in [6.45, 7) is 5.77. The van der Waals surface area contributed by atoms with Crippen molar-refractivity contribution in [1.82, 2.24) is 15.1 Å². The maximum atomic E-state index is 12.2. The first-order chi connectivity index (χ1) is 11.2. The molecule has 0 spiro atoms. The van der Waals surface area contributed by atoms with Gasteiger partial charge in [-0.05, 0) is 25.2 Å². The van der Waals surface area contributed by atoms with Gasteiger partial charge in [-0.2, -0.15) is 0 Å². The standard InChI is InChI=1S/C17H23N3O3/c1-19-7-9-20(10-8-19)6-5-18-17(21)16-11-13-3-4-14(22-2)12-15(13)23-16/h3-4,11-12H,5-10H2,1-2H3,(H,18,21). The Morgan fingerprint density at radius 1 is 1.26 bits per heavy atom. The zero-order valence-electron chi connectivity index (χ0n) is 13.7. The van der Waals surface area contributed by atoms with Gasteiger partial charge in [0.2, 0.25) is 0 Å². The minimum Gasteiger partial charge on any atom is -0.497 e. The van der Waals surface area contributed by atoms with E-state index in [1.807, 2.05) is 12.1 Å². The van der Waals surface area contributed by atoms with E-state index in [4.69, 9.17) is 9.15 Å². The van der Waals surface area contributed by atoms with Crippen molar-refractivity contribution in [1.29, 1.82) is 0 Å². The van der Waals surface area contributed by atoms with Gasteiger partial charge < -0.3 is 19.4 Å². The number of methoxy groups -OCH3 is 1. The molecule has 23 heavy (non-hydrogen) atoms. The lowest BCUT2D eigenvalue weighted by atomic mass is 10.2. The summed E-state index contributed by atoms with van der Waals surface area (Å²) in [5, 5.41) is 3.83. The van der Waals surface area contributed by atoms with Crippen molar-refractivity contribution in [2.24, 2.45) is 0 Å². The highest BCUT2D eigenvalue weighted by atomic mass is 16.5. The minimum atomic E-state index is -0.172. The molecule has 6 nitrogen and oxygen atoms in total. The zero-order valence-corrected chi connectivity index (χ0v) is 13.7. The largest absolute Gasteiger partial charge is 0.497 e. The molecule has 0 saturated carbocycles. The fourth-order valence-corrected chi connectivity index (χ4v) is 2.74. The van der Waals surface area contributed by atoms with Gasteiger partial charge in [-0.1, -0.05) is 0 Å². The predicted octanol–water partition coefficient (Wildman–Crippen LogP) is 1.42. The van der Waals surface area contributed by atoms with Crippen LogP contribution in [0.5, 0.6) is 5.75 Å². The van der Waals surface area contributed by atoms with Crippen molar-refractivity contribution in [2.75, 3.05) is 53.4 Å². The molecule has 0 aliphatic carbocycles. The van der Waals surface area contributed by atoms with Crippen molar-refractivity contribution < 1.29 is 13.9 Å². The van der Waals surface area contributed by atoms with Crippen LogP contribution in [-0.4, -0.2) is 69.1 Å². The number of carbonyl (C=O) groups excluding carboxylic acids is 1. The number of furan rings is 1. The molecular weight excluding hydrogens is 294 g/mol. The Morgan fingerprint density at radius 2 is 2.04 bits per heavy atom. The number of nitrogens with zero attached hydrogens (tertiary/aromatic N) is 2. The van der Waals surface area contributed by atoms with Crippen LogP contribution in [-0.2, 0) is 0 Å². The molecule has 0 bridgehead atoms. The first-order valence-corrected chi connectivity index (χ1v) is 7.92. The van der Waals surface area contributed by atoms with E-state index in [2.05, 4.69) is 22.2 Å². The number of likely N-dealkylation sites (N-methyl/N-ethyl adjacent to an activating group) is 1. The molecule has 3 rings (SSSR count). The van der Waals surface area contributed by atoms with Crippen molar-refractivity contribution in [3.8, 4) is 5.75 Å². The van der Waals surface area contributed by atoms with Crippen LogP contribution in [0.25, 0.3) is 11.0 Å². The molecule has 124 valence electrons. The number of rotatable bonds is 5. The lowest BCUT2D eigenvalue weighted by Gasteiger charge is -2.32. The smallest absolute Gasteiger partial charge is 0.287 e. The van der Waals surface area contributed by atoms with Crippen LogP contribution in [0.15, 0.2) is 28.7 Å². The van der Waals surface area contributed by atoms with Crippen LogP contribution in [0.4, 0.5) is 0 Å². The molecule has 2 aromatic rings. The average Bonchev–Trinajstić information content (AvgIpc) is 2.99. The van der Waals surface area contributed by atoms with Crippen LogP contribution < -0.4 is 10.1 Å². The van der Waals surface area contributed by atoms with Crippen molar-refractivity contribution in [3.05, 3.63) is 30.0 Å². The van der Waals surface area contributed by atoms with E-state index >= 15 is 0 Å². The highest BCUT2D eigenvalue weighted by Crippen LogP contribution is 2.24. The molecule has 1 fully saturated rings. The molecule has 1 aromatic heterocycles. The third-order valence-corrected chi connectivity index (χ3v) is 4.26. The summed E-state index contributed by atoms with van der Waals surface area (Å²) < 4.78 is 10.8. The van der Waals surface area contributed by atoms with Gasteiger partial charge in [-0.15, -0.1) is 0 Å². The van der Waals surface area contributed by atoms with Gasteiger partial charge in [0.1, 0.15) is 11.3 Å². The number of hydrogen-bond acceptors (Lipinski definition) is 5. The number of amides is 1. The summed E-state index contributed by atoms with van der Waals surface area (Å²) in [6, 6.07) is 7.29. The SMILES string of the molecule is COc1ccc2cc(C(=O)NCCN3CCN(C)CC3)oc2c1. The Hall–Kier alpha value is -2.05. The minimum absolute atomic E-state index is 0.172. The molecule has 1 aliphatic heterocycles. The Morgan fingerprint density at radius 3 is 2.78 bits per heavy atom. The second kappa shape index (κ2) is 7.02. The van der Waals surface area contributed by atoms with Gasteiger partial charge in [0, 0.05) is 50.7 Å². The van der Waals surface area contributed by atoms with Gasteiger partial charge in [0.15, 0.2) is 5.76 Å². The van der Waals surface area contributed by atoms with Crippen LogP contribution >= 0.6 is 0 Å². The van der Waals surface area contributed by atoms with E-state index in [-0.39, 0.29) is 5.91 Å². The molecule has 2 heterocycles. The summed E-state index contributed by atoms with van der Waals surface area (Å²) in [5.74, 6) is 0.884. The van der Waals surface area contributed by atoms with E-state index in [0.29, 0.717) is 23.6 Å². The summed E-state index contributed by atoms with van der Waals surface area (Å²) in [4.78, 5) is 16.9. The monoisotopic (exact) mass is 317 g/mol. The fraction of sp³-hybridized carbons (Fsp3) is 0.471. The molecular formula is C17H23N3O3. The molecule has 1 amide bonds. The molecule has 1 aliphatic rings. The number of nitrogens with one attached hydrogen (secondary N) is 1. The zero-order chi connectivity index (χ0) is 16.2. The fourth-order valence-electron chi connectivity index (χ4n) is 2.74. The summed E-state index contributed by atoms with van der Waals surface area (Å²) in [6.07, 6.45) is 0. The quantitative estimate of drug-likeness (QED) is 0.904. The lowest BCUT2D eigenvalue weighted by molar-refractivity contribution is 0.0916. The Bertz CT molecular complexity index is 675. The third kappa shape index (κ3) is 3.83. The predicted molar refractivity (Wildman–Crippen MR) is 89.0 cm³/mol. The van der Waals surface area contributed by atoms with Crippen molar-refractivity contribution in [3.63, 3.8) is 0 Å². The van der Waals surface area contributed by atoms with E-state index in [1.54, 1.807) is 19.2 Å². The Labute approximate surface area is 136 Å². The normalized spacial score (nSPS) is 16.6. The summed E-state index contributed by atoms with van der Waals surface area (Å²) in [7, 11) is 3.74. The molecule has 1 N–H and O–H groups in total. The van der Waals surface area contributed by atoms with Crippen LogP contribution in [0.3, 0.4) is 0 Å². The van der Waals surface area contributed by atoms with E-state index in [0.717, 1.165) is 38.1 Å². The van der Waals surface area contributed by atoms with Crippen LogP contribution in [0.2, 0.25) is 0 Å². The van der Waals surface area contributed by atoms with E-state index < -0.39 is 0 Å². The lowest BCUT2D eigenvalue weighted by Crippen LogP contribution is -2.46. The van der Waals surface area contributed by atoms with Gasteiger partial charge in [0.05, 0.1) is 7.11 Å². The second-order valence-corrected chi connectivity index (χ2v) is 5.92. The maximum absolute atomic E-state index is 12.2. The van der Waals surface area contributed by atoms with Gasteiger partial charge in [-0.3, -0.25) is 9.69 Å². The number of benzene rings is 1.